The molecule has 0 radical (unpaired) electrons. The largest absolute Gasteiger partial charge is 0.388 e. The van der Waals surface area contributed by atoms with Crippen molar-refractivity contribution < 1.29 is 5.11 Å². The van der Waals surface area contributed by atoms with Gasteiger partial charge in [-0.3, -0.25) is 0 Å². The van der Waals surface area contributed by atoms with Gasteiger partial charge < -0.3 is 10.0 Å². The van der Waals surface area contributed by atoms with Gasteiger partial charge in [-0.1, -0.05) is 67.3 Å². The summed E-state index contributed by atoms with van der Waals surface area (Å²) in [7, 11) is 3.84. The molecular weight excluding hydrogens is 262 g/mol. The summed E-state index contributed by atoms with van der Waals surface area (Å²) in [5, 5.41) is 12.1. The van der Waals surface area contributed by atoms with Gasteiger partial charge in [-0.15, -0.1) is 0 Å². The van der Waals surface area contributed by atoms with E-state index >= 15 is 0 Å². The SMILES string of the molecule is CC(/C=C\SC(=S)N(C)C)C(O)c1ccccc1. The van der Waals surface area contributed by atoms with Crippen LogP contribution in [0, 0.1) is 5.92 Å². The first-order chi connectivity index (χ1) is 8.52. The molecule has 2 atom stereocenters. The van der Waals surface area contributed by atoms with Crippen molar-refractivity contribution in [1.82, 2.24) is 4.90 Å². The van der Waals surface area contributed by atoms with Crippen LogP contribution in [0.2, 0.25) is 0 Å². The summed E-state index contributed by atoms with van der Waals surface area (Å²) in [6.45, 7) is 1.99. The predicted octanol–water partition coefficient (Wildman–Crippen LogP) is 3.45. The molecule has 0 aliphatic heterocycles. The van der Waals surface area contributed by atoms with Gasteiger partial charge in [0.25, 0.3) is 0 Å². The van der Waals surface area contributed by atoms with Crippen molar-refractivity contribution >= 4 is 28.3 Å². The van der Waals surface area contributed by atoms with Crippen molar-refractivity contribution in [2.75, 3.05) is 14.1 Å². The molecule has 0 aromatic heterocycles. The van der Waals surface area contributed by atoms with Crippen LogP contribution in [0.3, 0.4) is 0 Å². The molecule has 0 aliphatic carbocycles. The zero-order valence-electron chi connectivity index (χ0n) is 10.9. The molecule has 0 saturated heterocycles. The summed E-state index contributed by atoms with van der Waals surface area (Å²) < 4.78 is 0.813. The molecule has 2 nitrogen and oxygen atoms in total. The Kier molecular flexibility index (Phi) is 6.39. The summed E-state index contributed by atoms with van der Waals surface area (Å²) in [6.07, 6.45) is 1.51. The van der Waals surface area contributed by atoms with Crippen LogP contribution in [0.5, 0.6) is 0 Å². The summed E-state index contributed by atoms with van der Waals surface area (Å²) in [4.78, 5) is 1.89. The van der Waals surface area contributed by atoms with Crippen molar-refractivity contribution in [3.05, 3.63) is 47.4 Å². The number of aliphatic hydroxyl groups is 1. The Morgan fingerprint density at radius 2 is 1.94 bits per heavy atom. The highest BCUT2D eigenvalue weighted by Gasteiger charge is 2.13. The van der Waals surface area contributed by atoms with Gasteiger partial charge in [0.05, 0.1) is 6.10 Å². The minimum Gasteiger partial charge on any atom is -0.388 e. The van der Waals surface area contributed by atoms with Crippen molar-refractivity contribution in [1.29, 1.82) is 0 Å². The van der Waals surface area contributed by atoms with Crippen LogP contribution in [0.15, 0.2) is 41.8 Å². The number of thiocarbonyl (C=S) groups is 1. The van der Waals surface area contributed by atoms with Crippen molar-refractivity contribution in [2.45, 2.75) is 13.0 Å². The second kappa shape index (κ2) is 7.56. The lowest BCUT2D eigenvalue weighted by molar-refractivity contribution is 0.140. The van der Waals surface area contributed by atoms with Gasteiger partial charge in [0, 0.05) is 20.0 Å². The van der Waals surface area contributed by atoms with Crippen molar-refractivity contribution in [3.63, 3.8) is 0 Å². The minimum absolute atomic E-state index is 0.0601. The van der Waals surface area contributed by atoms with Gasteiger partial charge >= 0.3 is 0 Å². The molecule has 0 heterocycles. The number of benzene rings is 1. The van der Waals surface area contributed by atoms with Crippen molar-refractivity contribution in [3.8, 4) is 0 Å². The number of hydrogen-bond donors (Lipinski definition) is 1. The fourth-order valence-corrected chi connectivity index (χ4v) is 2.21. The van der Waals surface area contributed by atoms with E-state index < -0.39 is 6.10 Å². The molecule has 0 saturated carbocycles. The summed E-state index contributed by atoms with van der Waals surface area (Å²) >= 11 is 6.66. The van der Waals surface area contributed by atoms with Crippen LogP contribution in [-0.4, -0.2) is 28.4 Å². The van der Waals surface area contributed by atoms with Gasteiger partial charge in [-0.05, 0) is 11.0 Å². The highest BCUT2D eigenvalue weighted by Crippen LogP contribution is 2.23. The molecular formula is C14H19NOS2. The Bertz CT molecular complexity index is 404. The van der Waals surface area contributed by atoms with E-state index in [0.29, 0.717) is 0 Å². The maximum atomic E-state index is 10.2. The Balaban J connectivity index is 2.53. The number of nitrogens with zero attached hydrogens (tertiary/aromatic N) is 1. The molecule has 1 aromatic rings. The quantitative estimate of drug-likeness (QED) is 0.854. The predicted molar refractivity (Wildman–Crippen MR) is 83.6 cm³/mol. The molecule has 0 bridgehead atoms. The molecule has 0 aliphatic rings. The van der Waals surface area contributed by atoms with Crippen LogP contribution >= 0.6 is 24.0 Å². The van der Waals surface area contributed by atoms with E-state index in [1.807, 2.05) is 67.7 Å². The molecule has 98 valence electrons. The fourth-order valence-electron chi connectivity index (χ4n) is 1.39. The Morgan fingerprint density at radius 1 is 1.33 bits per heavy atom. The van der Waals surface area contributed by atoms with E-state index in [0.717, 1.165) is 9.88 Å². The molecule has 1 rings (SSSR count). The van der Waals surface area contributed by atoms with Crippen molar-refractivity contribution in [2.24, 2.45) is 5.92 Å². The maximum absolute atomic E-state index is 10.2. The van der Waals surface area contributed by atoms with Gasteiger partial charge in [0.1, 0.15) is 4.32 Å². The topological polar surface area (TPSA) is 23.5 Å². The second-order valence-electron chi connectivity index (χ2n) is 4.32. The van der Waals surface area contributed by atoms with Gasteiger partial charge in [-0.2, -0.15) is 0 Å². The molecule has 18 heavy (non-hydrogen) atoms. The number of hydrogen-bond acceptors (Lipinski definition) is 3. The fraction of sp³-hybridized carbons (Fsp3) is 0.357. The smallest absolute Gasteiger partial charge is 0.140 e. The van der Waals surface area contributed by atoms with E-state index in [1.54, 1.807) is 0 Å². The summed E-state index contributed by atoms with van der Waals surface area (Å²) in [5.41, 5.74) is 0.940. The van der Waals surface area contributed by atoms with E-state index in [9.17, 15) is 5.11 Å². The van der Waals surface area contributed by atoms with Crippen LogP contribution < -0.4 is 0 Å². The summed E-state index contributed by atoms with van der Waals surface area (Å²) in [6, 6.07) is 9.69. The number of thioether (sulfide) groups is 1. The average Bonchev–Trinajstić information content (AvgIpc) is 2.38. The number of rotatable bonds is 4. The lowest BCUT2D eigenvalue weighted by Gasteiger charge is -2.16. The van der Waals surface area contributed by atoms with Gasteiger partial charge in [-0.25, -0.2) is 0 Å². The zero-order valence-corrected chi connectivity index (χ0v) is 12.5. The third kappa shape index (κ3) is 4.80. The van der Waals surface area contributed by atoms with E-state index in [1.165, 1.54) is 11.8 Å². The van der Waals surface area contributed by atoms with Crippen LogP contribution in [0.25, 0.3) is 0 Å². The van der Waals surface area contributed by atoms with Gasteiger partial charge in [0.15, 0.2) is 0 Å². The highest BCUT2D eigenvalue weighted by atomic mass is 32.2. The molecule has 0 spiro atoms. The van der Waals surface area contributed by atoms with E-state index in [2.05, 4.69) is 0 Å². The second-order valence-corrected chi connectivity index (χ2v) is 5.86. The van der Waals surface area contributed by atoms with E-state index in [4.69, 9.17) is 12.2 Å². The molecule has 0 fully saturated rings. The van der Waals surface area contributed by atoms with Crippen LogP contribution in [-0.2, 0) is 0 Å². The first-order valence-electron chi connectivity index (χ1n) is 5.80. The first-order valence-corrected chi connectivity index (χ1v) is 7.08. The van der Waals surface area contributed by atoms with Gasteiger partial charge in [0.2, 0.25) is 0 Å². The standard InChI is InChI=1S/C14H19NOS2/c1-11(9-10-18-14(17)15(2)3)13(16)12-7-5-4-6-8-12/h4-11,13,16H,1-3H3/b10-9-. The molecule has 2 unspecified atom stereocenters. The molecule has 1 N–H and O–H groups in total. The average molecular weight is 281 g/mol. The minimum atomic E-state index is -0.476. The van der Waals surface area contributed by atoms with E-state index in [-0.39, 0.29) is 5.92 Å². The zero-order chi connectivity index (χ0) is 13.5. The normalized spacial score (nSPS) is 14.4. The monoisotopic (exact) mass is 281 g/mol. The Hall–Kier alpha value is -0.840. The molecule has 0 amide bonds. The Labute approximate surface area is 119 Å². The third-order valence-corrected chi connectivity index (χ3v) is 4.07. The van der Waals surface area contributed by atoms with Crippen LogP contribution in [0.1, 0.15) is 18.6 Å². The first kappa shape index (κ1) is 15.2. The Morgan fingerprint density at radius 3 is 2.50 bits per heavy atom. The maximum Gasteiger partial charge on any atom is 0.140 e. The molecule has 1 aromatic carbocycles. The number of aliphatic hydroxyl groups excluding tert-OH is 1. The lowest BCUT2D eigenvalue weighted by atomic mass is 9.98. The lowest BCUT2D eigenvalue weighted by Crippen LogP contribution is -2.15. The third-order valence-electron chi connectivity index (χ3n) is 2.56. The van der Waals surface area contributed by atoms with Crippen LogP contribution in [0.4, 0.5) is 0 Å². The highest BCUT2D eigenvalue weighted by molar-refractivity contribution is 8.24. The molecule has 4 heteroatoms. The summed E-state index contributed by atoms with van der Waals surface area (Å²) in [5.74, 6) is 0.0601.